The molecular weight excluding hydrogens is 162 g/mol. The van der Waals surface area contributed by atoms with Gasteiger partial charge in [0.1, 0.15) is 5.82 Å². The van der Waals surface area contributed by atoms with Gasteiger partial charge in [-0.3, -0.25) is 4.68 Å². The molecule has 3 nitrogen and oxygen atoms in total. The van der Waals surface area contributed by atoms with E-state index in [-0.39, 0.29) is 0 Å². The van der Waals surface area contributed by atoms with E-state index in [2.05, 4.69) is 16.5 Å². The first kappa shape index (κ1) is 8.35. The van der Waals surface area contributed by atoms with Crippen LogP contribution >= 0.6 is 0 Å². The summed E-state index contributed by atoms with van der Waals surface area (Å²) in [5.41, 5.74) is 1.52. The average molecular weight is 177 g/mol. The number of hydrogen-bond acceptors (Lipinski definition) is 2. The van der Waals surface area contributed by atoms with Gasteiger partial charge < -0.3 is 5.32 Å². The van der Waals surface area contributed by atoms with Crippen LogP contribution in [0.2, 0.25) is 0 Å². The van der Waals surface area contributed by atoms with E-state index >= 15 is 0 Å². The molecule has 0 amide bonds. The van der Waals surface area contributed by atoms with Crippen LogP contribution in [0, 0.1) is 0 Å². The van der Waals surface area contributed by atoms with Crippen molar-refractivity contribution in [3.63, 3.8) is 0 Å². The minimum atomic E-state index is 0.955. The molecule has 13 heavy (non-hydrogen) atoms. The van der Waals surface area contributed by atoms with E-state index in [1.54, 1.807) is 0 Å². The highest BCUT2D eigenvalue weighted by Gasteiger charge is 2.04. The highest BCUT2D eigenvalue weighted by Crippen LogP contribution is 2.17. The lowest BCUT2D eigenvalue weighted by Gasteiger charge is -2.02. The van der Waals surface area contributed by atoms with Crippen molar-refractivity contribution >= 4 is 5.82 Å². The first-order valence-corrected chi connectivity index (χ1v) is 4.76. The maximum absolute atomic E-state index is 4.25. The largest absolute Gasteiger partial charge is 0.365 e. The topological polar surface area (TPSA) is 29.9 Å². The molecule has 0 spiro atoms. The molecule has 1 aromatic heterocycles. The van der Waals surface area contributed by atoms with Crippen molar-refractivity contribution in [3.05, 3.63) is 23.9 Å². The fourth-order valence-corrected chi connectivity index (χ4v) is 1.61. The second kappa shape index (κ2) is 3.64. The Kier molecular flexibility index (Phi) is 2.34. The fourth-order valence-electron chi connectivity index (χ4n) is 1.61. The molecule has 1 aliphatic carbocycles. The minimum Gasteiger partial charge on any atom is -0.365 e. The van der Waals surface area contributed by atoms with Gasteiger partial charge in [-0.1, -0.05) is 11.6 Å². The molecule has 0 saturated heterocycles. The summed E-state index contributed by atoms with van der Waals surface area (Å²) in [7, 11) is 1.93. The van der Waals surface area contributed by atoms with E-state index in [1.165, 1.54) is 24.8 Å². The van der Waals surface area contributed by atoms with Crippen LogP contribution < -0.4 is 5.32 Å². The Balaban J connectivity index is 1.85. The molecule has 0 saturated carbocycles. The fraction of sp³-hybridized carbons (Fsp3) is 0.500. The second-order valence-corrected chi connectivity index (χ2v) is 3.48. The lowest BCUT2D eigenvalue weighted by molar-refractivity contribution is 0.769. The summed E-state index contributed by atoms with van der Waals surface area (Å²) in [4.78, 5) is 0. The number of allylic oxidation sites excluding steroid dienone is 1. The number of aromatic nitrogens is 2. The van der Waals surface area contributed by atoms with Gasteiger partial charge in [0, 0.05) is 25.9 Å². The van der Waals surface area contributed by atoms with Crippen LogP contribution in [-0.4, -0.2) is 16.3 Å². The van der Waals surface area contributed by atoms with Gasteiger partial charge in [-0.15, -0.1) is 0 Å². The van der Waals surface area contributed by atoms with Gasteiger partial charge in [0.2, 0.25) is 0 Å². The van der Waals surface area contributed by atoms with E-state index in [4.69, 9.17) is 0 Å². The summed E-state index contributed by atoms with van der Waals surface area (Å²) in [5, 5.41) is 7.56. The Morgan fingerprint density at radius 2 is 2.54 bits per heavy atom. The quantitative estimate of drug-likeness (QED) is 0.715. The minimum absolute atomic E-state index is 0.955. The predicted octanol–water partition coefficient (Wildman–Crippen LogP) is 1.94. The molecule has 1 heterocycles. The van der Waals surface area contributed by atoms with Gasteiger partial charge in [0.25, 0.3) is 0 Å². The van der Waals surface area contributed by atoms with E-state index in [0.717, 1.165) is 12.4 Å². The molecule has 70 valence electrons. The van der Waals surface area contributed by atoms with Crippen LogP contribution in [0.3, 0.4) is 0 Å². The first-order chi connectivity index (χ1) is 6.34. The molecule has 0 bridgehead atoms. The SMILES string of the molecule is Cn1ccc(NCC2=CCCC2)n1. The van der Waals surface area contributed by atoms with Crippen LogP contribution in [-0.2, 0) is 7.05 Å². The van der Waals surface area contributed by atoms with E-state index in [1.807, 2.05) is 24.0 Å². The summed E-state index contributed by atoms with van der Waals surface area (Å²) in [6, 6.07) is 2.00. The maximum Gasteiger partial charge on any atom is 0.148 e. The van der Waals surface area contributed by atoms with Crippen molar-refractivity contribution in [3.8, 4) is 0 Å². The van der Waals surface area contributed by atoms with Crippen LogP contribution in [0.4, 0.5) is 5.82 Å². The molecule has 0 radical (unpaired) electrons. The molecule has 0 aliphatic heterocycles. The highest BCUT2D eigenvalue weighted by atomic mass is 15.3. The van der Waals surface area contributed by atoms with Crippen LogP contribution in [0.1, 0.15) is 19.3 Å². The summed E-state index contributed by atoms with van der Waals surface area (Å²) in [6.45, 7) is 0.955. The van der Waals surface area contributed by atoms with Gasteiger partial charge in [-0.05, 0) is 19.3 Å². The Labute approximate surface area is 78.4 Å². The van der Waals surface area contributed by atoms with E-state index < -0.39 is 0 Å². The van der Waals surface area contributed by atoms with Crippen molar-refractivity contribution < 1.29 is 0 Å². The number of nitrogens with zero attached hydrogens (tertiary/aromatic N) is 2. The third-order valence-corrected chi connectivity index (χ3v) is 2.35. The average Bonchev–Trinajstić information content (AvgIpc) is 2.71. The molecule has 1 aromatic rings. The predicted molar refractivity (Wildman–Crippen MR) is 53.6 cm³/mol. The Morgan fingerprint density at radius 1 is 1.62 bits per heavy atom. The van der Waals surface area contributed by atoms with Crippen molar-refractivity contribution in [2.24, 2.45) is 7.05 Å². The van der Waals surface area contributed by atoms with Crippen LogP contribution in [0.25, 0.3) is 0 Å². The summed E-state index contributed by atoms with van der Waals surface area (Å²) >= 11 is 0. The Morgan fingerprint density at radius 3 is 3.15 bits per heavy atom. The number of rotatable bonds is 3. The van der Waals surface area contributed by atoms with Crippen LogP contribution in [0.5, 0.6) is 0 Å². The van der Waals surface area contributed by atoms with Gasteiger partial charge in [-0.25, -0.2) is 0 Å². The Bertz CT molecular complexity index is 312. The molecule has 0 fully saturated rings. The monoisotopic (exact) mass is 177 g/mol. The van der Waals surface area contributed by atoms with Crippen molar-refractivity contribution in [2.45, 2.75) is 19.3 Å². The molecule has 0 atom stereocenters. The normalized spacial score (nSPS) is 15.9. The summed E-state index contributed by atoms with van der Waals surface area (Å²) < 4.78 is 1.81. The number of aryl methyl sites for hydroxylation is 1. The van der Waals surface area contributed by atoms with Gasteiger partial charge in [0.15, 0.2) is 0 Å². The van der Waals surface area contributed by atoms with Crippen molar-refractivity contribution in [1.82, 2.24) is 9.78 Å². The van der Waals surface area contributed by atoms with Crippen molar-refractivity contribution in [1.29, 1.82) is 0 Å². The third-order valence-electron chi connectivity index (χ3n) is 2.35. The third kappa shape index (κ3) is 2.11. The molecular formula is C10H15N3. The zero-order valence-electron chi connectivity index (χ0n) is 7.95. The molecule has 3 heteroatoms. The Hall–Kier alpha value is -1.25. The van der Waals surface area contributed by atoms with E-state index in [0.29, 0.717) is 0 Å². The van der Waals surface area contributed by atoms with Gasteiger partial charge >= 0.3 is 0 Å². The molecule has 0 unspecified atom stereocenters. The first-order valence-electron chi connectivity index (χ1n) is 4.76. The van der Waals surface area contributed by atoms with E-state index in [9.17, 15) is 0 Å². The lowest BCUT2D eigenvalue weighted by Crippen LogP contribution is -2.04. The smallest absolute Gasteiger partial charge is 0.148 e. The molecule has 0 aromatic carbocycles. The van der Waals surface area contributed by atoms with Crippen molar-refractivity contribution in [2.75, 3.05) is 11.9 Å². The maximum atomic E-state index is 4.25. The molecule has 1 N–H and O–H groups in total. The molecule has 2 rings (SSSR count). The zero-order valence-corrected chi connectivity index (χ0v) is 7.95. The standard InChI is InChI=1S/C10H15N3/c1-13-7-6-10(12-13)11-8-9-4-2-3-5-9/h4,6-7H,2-3,5,8H2,1H3,(H,11,12). The summed E-state index contributed by atoms with van der Waals surface area (Å²) in [5.74, 6) is 0.968. The van der Waals surface area contributed by atoms with Gasteiger partial charge in [-0.2, -0.15) is 5.10 Å². The van der Waals surface area contributed by atoms with Gasteiger partial charge in [0.05, 0.1) is 0 Å². The second-order valence-electron chi connectivity index (χ2n) is 3.48. The number of nitrogens with one attached hydrogen (secondary N) is 1. The summed E-state index contributed by atoms with van der Waals surface area (Å²) in [6.07, 6.45) is 8.10. The number of anilines is 1. The molecule has 1 aliphatic rings. The zero-order chi connectivity index (χ0) is 9.10. The number of hydrogen-bond donors (Lipinski definition) is 1. The highest BCUT2D eigenvalue weighted by molar-refractivity contribution is 5.34. The lowest BCUT2D eigenvalue weighted by atomic mass is 10.2. The van der Waals surface area contributed by atoms with Crippen LogP contribution in [0.15, 0.2) is 23.9 Å².